The summed E-state index contributed by atoms with van der Waals surface area (Å²) in [5.41, 5.74) is 0.0328. The molecule has 0 aromatic rings. The van der Waals surface area contributed by atoms with Crippen LogP contribution in [-0.4, -0.2) is 35.1 Å². The molecular formula is C12H21NO2. The molecule has 2 aliphatic heterocycles. The Morgan fingerprint density at radius 1 is 1.33 bits per heavy atom. The SMILES string of the molecule is CC(C)(C)N1CCCC2(CCC(=O)O2)C1. The van der Waals surface area contributed by atoms with E-state index < -0.39 is 0 Å². The number of likely N-dealkylation sites (tertiary alicyclic amines) is 1. The molecule has 0 N–H and O–H groups in total. The number of hydrogen-bond acceptors (Lipinski definition) is 3. The van der Waals surface area contributed by atoms with Gasteiger partial charge in [0.15, 0.2) is 0 Å². The molecule has 2 fully saturated rings. The molecule has 2 aliphatic rings. The number of rotatable bonds is 0. The summed E-state index contributed by atoms with van der Waals surface area (Å²) in [6.45, 7) is 8.72. The average molecular weight is 211 g/mol. The van der Waals surface area contributed by atoms with E-state index in [4.69, 9.17) is 4.74 Å². The standard InChI is InChI=1S/C12H21NO2/c1-11(2,3)13-8-4-6-12(9-13)7-5-10(14)15-12/h4-9H2,1-3H3. The molecule has 2 heterocycles. The summed E-state index contributed by atoms with van der Waals surface area (Å²) >= 11 is 0. The summed E-state index contributed by atoms with van der Waals surface area (Å²) < 4.78 is 5.53. The maximum absolute atomic E-state index is 11.2. The van der Waals surface area contributed by atoms with Gasteiger partial charge in [0.1, 0.15) is 5.60 Å². The first-order chi connectivity index (χ1) is 6.91. The van der Waals surface area contributed by atoms with Crippen LogP contribution in [0.15, 0.2) is 0 Å². The van der Waals surface area contributed by atoms with Crippen molar-refractivity contribution in [2.75, 3.05) is 13.1 Å². The van der Waals surface area contributed by atoms with Gasteiger partial charge in [-0.15, -0.1) is 0 Å². The van der Waals surface area contributed by atoms with E-state index in [9.17, 15) is 4.79 Å². The van der Waals surface area contributed by atoms with Crippen LogP contribution in [0.1, 0.15) is 46.5 Å². The van der Waals surface area contributed by atoms with Crippen molar-refractivity contribution in [2.24, 2.45) is 0 Å². The largest absolute Gasteiger partial charge is 0.458 e. The third-order valence-electron chi connectivity index (χ3n) is 3.60. The third kappa shape index (κ3) is 2.17. The van der Waals surface area contributed by atoms with E-state index in [0.29, 0.717) is 6.42 Å². The van der Waals surface area contributed by atoms with Crippen molar-refractivity contribution in [3.8, 4) is 0 Å². The van der Waals surface area contributed by atoms with Crippen molar-refractivity contribution < 1.29 is 9.53 Å². The molecule has 15 heavy (non-hydrogen) atoms. The van der Waals surface area contributed by atoms with Gasteiger partial charge in [-0.05, 0) is 46.6 Å². The number of nitrogens with zero attached hydrogens (tertiary/aromatic N) is 1. The molecule has 1 atom stereocenters. The second kappa shape index (κ2) is 3.48. The van der Waals surface area contributed by atoms with Gasteiger partial charge in [0.2, 0.25) is 0 Å². The average Bonchev–Trinajstić information content (AvgIpc) is 2.46. The Bertz CT molecular complexity index is 269. The van der Waals surface area contributed by atoms with Crippen molar-refractivity contribution in [3.63, 3.8) is 0 Å². The lowest BCUT2D eigenvalue weighted by molar-refractivity contribution is -0.154. The molecule has 1 spiro atoms. The number of piperidine rings is 1. The van der Waals surface area contributed by atoms with E-state index in [1.807, 2.05) is 0 Å². The van der Waals surface area contributed by atoms with E-state index in [1.54, 1.807) is 0 Å². The Kier molecular flexibility index (Phi) is 2.53. The van der Waals surface area contributed by atoms with E-state index in [0.717, 1.165) is 32.4 Å². The van der Waals surface area contributed by atoms with Crippen LogP contribution in [0, 0.1) is 0 Å². The zero-order chi connectivity index (χ0) is 11.1. The predicted molar refractivity (Wildman–Crippen MR) is 58.6 cm³/mol. The van der Waals surface area contributed by atoms with E-state index in [1.165, 1.54) is 0 Å². The Labute approximate surface area is 91.8 Å². The van der Waals surface area contributed by atoms with Crippen LogP contribution in [0.4, 0.5) is 0 Å². The van der Waals surface area contributed by atoms with Crippen molar-refractivity contribution in [1.29, 1.82) is 0 Å². The van der Waals surface area contributed by atoms with Gasteiger partial charge >= 0.3 is 5.97 Å². The maximum Gasteiger partial charge on any atom is 0.306 e. The second-order valence-corrected chi connectivity index (χ2v) is 5.85. The summed E-state index contributed by atoms with van der Waals surface area (Å²) in [5.74, 6) is -0.00856. The van der Waals surface area contributed by atoms with Crippen LogP contribution in [0.2, 0.25) is 0 Å². The normalized spacial score (nSPS) is 33.4. The summed E-state index contributed by atoms with van der Waals surface area (Å²) in [5, 5.41) is 0. The fourth-order valence-electron chi connectivity index (χ4n) is 2.63. The molecule has 0 aromatic heterocycles. The van der Waals surface area contributed by atoms with Crippen LogP contribution in [0.5, 0.6) is 0 Å². The van der Waals surface area contributed by atoms with E-state index in [2.05, 4.69) is 25.7 Å². The van der Waals surface area contributed by atoms with Gasteiger partial charge in [-0.2, -0.15) is 0 Å². The Morgan fingerprint density at radius 3 is 2.60 bits per heavy atom. The molecule has 0 saturated carbocycles. The Hall–Kier alpha value is -0.570. The molecule has 3 heteroatoms. The minimum absolute atomic E-state index is 0.00856. The summed E-state index contributed by atoms with van der Waals surface area (Å²) in [6, 6.07) is 0. The molecule has 86 valence electrons. The van der Waals surface area contributed by atoms with Crippen LogP contribution in [-0.2, 0) is 9.53 Å². The molecular weight excluding hydrogens is 190 g/mol. The Balaban J connectivity index is 2.07. The highest BCUT2D eigenvalue weighted by molar-refractivity contribution is 5.72. The topological polar surface area (TPSA) is 29.5 Å². The molecule has 0 aromatic carbocycles. The van der Waals surface area contributed by atoms with Crippen molar-refractivity contribution in [2.45, 2.75) is 57.6 Å². The number of esters is 1. The van der Waals surface area contributed by atoms with Gasteiger partial charge in [0.05, 0.1) is 0 Å². The van der Waals surface area contributed by atoms with Crippen LogP contribution in [0.3, 0.4) is 0 Å². The van der Waals surface area contributed by atoms with Gasteiger partial charge < -0.3 is 4.74 Å². The van der Waals surface area contributed by atoms with Gasteiger partial charge in [-0.3, -0.25) is 9.69 Å². The number of carbonyl (C=O) groups excluding carboxylic acids is 1. The Morgan fingerprint density at radius 2 is 2.07 bits per heavy atom. The summed E-state index contributed by atoms with van der Waals surface area (Å²) in [4.78, 5) is 13.7. The molecule has 2 rings (SSSR count). The summed E-state index contributed by atoms with van der Waals surface area (Å²) in [7, 11) is 0. The highest BCUT2D eigenvalue weighted by Gasteiger charge is 2.45. The predicted octanol–water partition coefficient (Wildman–Crippen LogP) is 1.96. The molecule has 3 nitrogen and oxygen atoms in total. The molecule has 0 amide bonds. The molecule has 1 unspecified atom stereocenters. The van der Waals surface area contributed by atoms with Crippen LogP contribution in [0.25, 0.3) is 0 Å². The molecule has 0 radical (unpaired) electrons. The van der Waals surface area contributed by atoms with Crippen molar-refractivity contribution in [3.05, 3.63) is 0 Å². The van der Waals surface area contributed by atoms with Crippen LogP contribution < -0.4 is 0 Å². The lowest BCUT2D eigenvalue weighted by Gasteiger charge is -2.45. The number of hydrogen-bond donors (Lipinski definition) is 0. The summed E-state index contributed by atoms with van der Waals surface area (Å²) in [6.07, 6.45) is 3.71. The zero-order valence-electron chi connectivity index (χ0n) is 10.0. The number of ether oxygens (including phenoxy) is 1. The van der Waals surface area contributed by atoms with Gasteiger partial charge in [-0.1, -0.05) is 0 Å². The zero-order valence-corrected chi connectivity index (χ0v) is 10.0. The monoisotopic (exact) mass is 211 g/mol. The molecule has 2 saturated heterocycles. The minimum atomic E-state index is -0.150. The lowest BCUT2D eigenvalue weighted by atomic mass is 9.87. The fourth-order valence-corrected chi connectivity index (χ4v) is 2.63. The highest BCUT2D eigenvalue weighted by atomic mass is 16.6. The van der Waals surface area contributed by atoms with Gasteiger partial charge in [-0.25, -0.2) is 0 Å². The molecule has 0 aliphatic carbocycles. The van der Waals surface area contributed by atoms with E-state index in [-0.39, 0.29) is 17.1 Å². The first-order valence-corrected chi connectivity index (χ1v) is 5.88. The van der Waals surface area contributed by atoms with Gasteiger partial charge in [0.25, 0.3) is 0 Å². The lowest BCUT2D eigenvalue weighted by Crippen LogP contribution is -2.54. The van der Waals surface area contributed by atoms with Gasteiger partial charge in [0, 0.05) is 18.5 Å². The quantitative estimate of drug-likeness (QED) is 0.574. The van der Waals surface area contributed by atoms with E-state index >= 15 is 0 Å². The highest BCUT2D eigenvalue weighted by Crippen LogP contribution is 2.37. The number of carbonyl (C=O) groups is 1. The van der Waals surface area contributed by atoms with Crippen molar-refractivity contribution >= 4 is 5.97 Å². The van der Waals surface area contributed by atoms with Crippen molar-refractivity contribution in [1.82, 2.24) is 4.90 Å². The second-order valence-electron chi connectivity index (χ2n) is 5.85. The third-order valence-corrected chi connectivity index (χ3v) is 3.60. The fraction of sp³-hybridized carbons (Fsp3) is 0.917. The molecule has 0 bridgehead atoms. The minimum Gasteiger partial charge on any atom is -0.458 e. The smallest absolute Gasteiger partial charge is 0.306 e. The maximum atomic E-state index is 11.2. The van der Waals surface area contributed by atoms with Crippen LogP contribution >= 0.6 is 0 Å². The first-order valence-electron chi connectivity index (χ1n) is 5.88. The first kappa shape index (κ1) is 10.9.